The predicted octanol–water partition coefficient (Wildman–Crippen LogP) is 4.10. The molecule has 3 heterocycles. The van der Waals surface area contributed by atoms with Crippen LogP contribution in [0.1, 0.15) is 57.4 Å². The molecule has 1 saturated carbocycles. The molecule has 0 bridgehead atoms. The molecule has 2 fully saturated rings. The molecule has 1 aliphatic carbocycles. The van der Waals surface area contributed by atoms with Gasteiger partial charge in [0.2, 0.25) is 5.91 Å². The van der Waals surface area contributed by atoms with Crippen molar-refractivity contribution in [3.63, 3.8) is 0 Å². The van der Waals surface area contributed by atoms with Gasteiger partial charge in [0.1, 0.15) is 0 Å². The average Bonchev–Trinajstić information content (AvgIpc) is 3.08. The number of carbonyl (C=O) groups excluding carboxylic acids is 2. The summed E-state index contributed by atoms with van der Waals surface area (Å²) in [5.41, 5.74) is 3.12. The van der Waals surface area contributed by atoms with Crippen LogP contribution >= 0.6 is 11.3 Å². The largest absolute Gasteiger partial charge is 0.372 e. The Bertz CT molecular complexity index is 903. The first-order valence-electron chi connectivity index (χ1n) is 9.60. The van der Waals surface area contributed by atoms with E-state index in [1.807, 2.05) is 35.2 Å². The van der Waals surface area contributed by atoms with Crippen molar-refractivity contribution in [2.75, 3.05) is 11.9 Å². The molecule has 0 unspecified atom stereocenters. The van der Waals surface area contributed by atoms with Crippen molar-refractivity contribution < 1.29 is 14.3 Å². The third-order valence-corrected chi connectivity index (χ3v) is 6.81. The maximum atomic E-state index is 12.7. The quantitative estimate of drug-likeness (QED) is 0.866. The van der Waals surface area contributed by atoms with Crippen molar-refractivity contribution in [3.8, 4) is 0 Å². The van der Waals surface area contributed by atoms with E-state index in [1.165, 1.54) is 16.9 Å². The fourth-order valence-corrected chi connectivity index (χ4v) is 5.04. The summed E-state index contributed by atoms with van der Waals surface area (Å²) in [7, 11) is 0. The number of ether oxygens (including phenoxy) is 1. The molecule has 6 heteroatoms. The molecule has 1 atom stereocenters. The van der Waals surface area contributed by atoms with Crippen molar-refractivity contribution in [2.24, 2.45) is 5.92 Å². The Kier molecular flexibility index (Phi) is 4.25. The molecule has 5 rings (SSSR count). The molecule has 5 nitrogen and oxygen atoms in total. The molecular formula is C21H22N2O3S. The fraction of sp³-hybridized carbons (Fsp3) is 0.429. The smallest absolute Gasteiger partial charge is 0.265 e. The lowest BCUT2D eigenvalue weighted by Crippen LogP contribution is -2.31. The Balaban J connectivity index is 1.29. The zero-order chi connectivity index (χ0) is 18.4. The number of thiophene rings is 1. The average molecular weight is 382 g/mol. The lowest BCUT2D eigenvalue weighted by atomic mass is 10.1. The molecule has 2 aliphatic heterocycles. The van der Waals surface area contributed by atoms with Gasteiger partial charge in [-0.15, -0.1) is 11.3 Å². The molecule has 2 aromatic rings. The van der Waals surface area contributed by atoms with Crippen LogP contribution in [0.3, 0.4) is 0 Å². The highest BCUT2D eigenvalue weighted by atomic mass is 32.1. The minimum Gasteiger partial charge on any atom is -0.372 e. The molecular weight excluding hydrogens is 360 g/mol. The third-order valence-electron chi connectivity index (χ3n) is 5.62. The van der Waals surface area contributed by atoms with Crippen LogP contribution in [0.15, 0.2) is 30.3 Å². The van der Waals surface area contributed by atoms with E-state index in [1.54, 1.807) is 0 Å². The highest BCUT2D eigenvalue weighted by Crippen LogP contribution is 2.40. The monoisotopic (exact) mass is 382 g/mol. The summed E-state index contributed by atoms with van der Waals surface area (Å²) in [6.07, 6.45) is 4.10. The van der Waals surface area contributed by atoms with Gasteiger partial charge in [0.25, 0.3) is 5.91 Å². The number of carbonyl (C=O) groups is 2. The molecule has 27 heavy (non-hydrogen) atoms. The SMILES string of the molecule is O=C(Nc1ccc2c(c1)COC2)c1ccc([C@H]2CCCN2C(=O)C2CC2)s1. The van der Waals surface area contributed by atoms with E-state index < -0.39 is 0 Å². The van der Waals surface area contributed by atoms with Crippen LogP contribution in [-0.2, 0) is 22.7 Å². The van der Waals surface area contributed by atoms with Gasteiger partial charge in [-0.05, 0) is 61.1 Å². The Labute approximate surface area is 162 Å². The molecule has 0 spiro atoms. The highest BCUT2D eigenvalue weighted by molar-refractivity contribution is 7.14. The van der Waals surface area contributed by atoms with Crippen LogP contribution < -0.4 is 5.32 Å². The summed E-state index contributed by atoms with van der Waals surface area (Å²) in [6, 6.07) is 9.96. The Morgan fingerprint density at radius 1 is 1.07 bits per heavy atom. The van der Waals surface area contributed by atoms with E-state index in [2.05, 4.69) is 5.32 Å². The van der Waals surface area contributed by atoms with Crippen molar-refractivity contribution in [1.82, 2.24) is 4.90 Å². The number of nitrogens with one attached hydrogen (secondary N) is 1. The number of hydrogen-bond donors (Lipinski definition) is 1. The predicted molar refractivity (Wildman–Crippen MR) is 104 cm³/mol. The molecule has 3 aliphatic rings. The number of nitrogens with zero attached hydrogens (tertiary/aromatic N) is 1. The van der Waals surface area contributed by atoms with Crippen LogP contribution in [-0.4, -0.2) is 23.3 Å². The number of fused-ring (bicyclic) bond motifs is 1. The highest BCUT2D eigenvalue weighted by Gasteiger charge is 2.39. The second kappa shape index (κ2) is 6.77. The van der Waals surface area contributed by atoms with Gasteiger partial charge >= 0.3 is 0 Å². The van der Waals surface area contributed by atoms with Crippen molar-refractivity contribution in [1.29, 1.82) is 0 Å². The molecule has 1 saturated heterocycles. The van der Waals surface area contributed by atoms with Crippen molar-refractivity contribution in [3.05, 3.63) is 51.2 Å². The van der Waals surface area contributed by atoms with E-state index >= 15 is 0 Å². The maximum absolute atomic E-state index is 12.7. The van der Waals surface area contributed by atoms with Crippen molar-refractivity contribution in [2.45, 2.75) is 44.9 Å². The topological polar surface area (TPSA) is 58.6 Å². The minimum absolute atomic E-state index is 0.0943. The molecule has 1 aromatic carbocycles. The minimum atomic E-state index is -0.0943. The van der Waals surface area contributed by atoms with Gasteiger partial charge in [-0.2, -0.15) is 0 Å². The zero-order valence-electron chi connectivity index (χ0n) is 15.1. The zero-order valence-corrected chi connectivity index (χ0v) is 15.9. The second-order valence-corrected chi connectivity index (χ2v) is 8.71. The van der Waals surface area contributed by atoms with Crippen LogP contribution in [0.25, 0.3) is 0 Å². The molecule has 0 radical (unpaired) electrons. The number of hydrogen-bond acceptors (Lipinski definition) is 4. The summed E-state index contributed by atoms with van der Waals surface area (Å²) >= 11 is 1.51. The van der Waals surface area contributed by atoms with E-state index in [9.17, 15) is 9.59 Å². The summed E-state index contributed by atoms with van der Waals surface area (Å²) in [5, 5.41) is 2.99. The van der Waals surface area contributed by atoms with Gasteiger partial charge in [-0.25, -0.2) is 0 Å². The number of anilines is 1. The summed E-state index contributed by atoms with van der Waals surface area (Å²) < 4.78 is 5.43. The first-order valence-corrected chi connectivity index (χ1v) is 10.4. The standard InChI is InChI=1S/C21H22N2O3S/c24-20(22-16-6-5-14-11-26-12-15(14)10-16)19-8-7-18(27-19)17-2-1-9-23(17)21(25)13-3-4-13/h5-8,10,13,17H,1-4,9,11-12H2,(H,22,24)/t17-/m1/s1. The van der Waals surface area contributed by atoms with Gasteiger partial charge in [0.15, 0.2) is 0 Å². The van der Waals surface area contributed by atoms with Crippen LogP contribution in [0.2, 0.25) is 0 Å². The van der Waals surface area contributed by atoms with Gasteiger partial charge < -0.3 is 15.0 Å². The maximum Gasteiger partial charge on any atom is 0.265 e. The van der Waals surface area contributed by atoms with Crippen LogP contribution in [0, 0.1) is 5.92 Å². The Hall–Kier alpha value is -2.18. The molecule has 1 N–H and O–H groups in total. The molecule has 2 amide bonds. The second-order valence-electron chi connectivity index (χ2n) is 7.60. The van der Waals surface area contributed by atoms with Gasteiger partial charge in [0.05, 0.1) is 24.1 Å². The normalized spacial score (nSPS) is 21.3. The van der Waals surface area contributed by atoms with Gasteiger partial charge in [-0.1, -0.05) is 6.07 Å². The summed E-state index contributed by atoms with van der Waals surface area (Å²) in [6.45, 7) is 2.10. The van der Waals surface area contributed by atoms with Gasteiger partial charge in [0, 0.05) is 23.0 Å². The Morgan fingerprint density at radius 3 is 2.78 bits per heavy atom. The van der Waals surface area contributed by atoms with E-state index in [-0.39, 0.29) is 17.9 Å². The van der Waals surface area contributed by atoms with Crippen molar-refractivity contribution >= 4 is 28.8 Å². The molecule has 1 aromatic heterocycles. The lowest BCUT2D eigenvalue weighted by molar-refractivity contribution is -0.133. The Morgan fingerprint density at radius 2 is 1.93 bits per heavy atom. The first-order chi connectivity index (χ1) is 13.2. The summed E-state index contributed by atoms with van der Waals surface area (Å²) in [5.74, 6) is 0.456. The van der Waals surface area contributed by atoms with E-state index in [0.29, 0.717) is 24.0 Å². The number of likely N-dealkylation sites (tertiary alicyclic amines) is 1. The number of amides is 2. The van der Waals surface area contributed by atoms with E-state index in [4.69, 9.17) is 4.74 Å². The summed E-state index contributed by atoms with van der Waals surface area (Å²) in [4.78, 5) is 29.0. The van der Waals surface area contributed by atoms with E-state index in [0.717, 1.165) is 48.4 Å². The first kappa shape index (κ1) is 17.0. The number of benzene rings is 1. The van der Waals surface area contributed by atoms with Crippen LogP contribution in [0.4, 0.5) is 5.69 Å². The lowest BCUT2D eigenvalue weighted by Gasteiger charge is -2.23. The number of rotatable bonds is 4. The fourth-order valence-electron chi connectivity index (χ4n) is 3.99. The third kappa shape index (κ3) is 3.28. The van der Waals surface area contributed by atoms with Crippen LogP contribution in [0.5, 0.6) is 0 Å². The van der Waals surface area contributed by atoms with Gasteiger partial charge in [-0.3, -0.25) is 9.59 Å². The molecule has 140 valence electrons.